The van der Waals surface area contributed by atoms with E-state index >= 15 is 0 Å². The molecular formula is C8H11N7. The molecule has 0 atom stereocenters. The van der Waals surface area contributed by atoms with Crippen LogP contribution in [0.1, 0.15) is 5.69 Å². The molecule has 2 aromatic rings. The van der Waals surface area contributed by atoms with Crippen LogP contribution in [0.2, 0.25) is 0 Å². The Kier molecular flexibility index (Phi) is 2.36. The van der Waals surface area contributed by atoms with Gasteiger partial charge in [-0.1, -0.05) is 0 Å². The van der Waals surface area contributed by atoms with E-state index in [1.165, 1.54) is 0 Å². The second-order valence-corrected chi connectivity index (χ2v) is 2.92. The van der Waals surface area contributed by atoms with Crippen LogP contribution in [-0.4, -0.2) is 19.9 Å². The van der Waals surface area contributed by atoms with Gasteiger partial charge in [0.2, 0.25) is 17.8 Å². The maximum atomic E-state index is 5.42. The third kappa shape index (κ3) is 2.33. The summed E-state index contributed by atoms with van der Waals surface area (Å²) in [6, 6.07) is 3.86. The average molecular weight is 205 g/mol. The molecule has 0 unspecified atom stereocenters. The minimum atomic E-state index is 0.108. The Bertz CT molecular complexity index is 416. The Morgan fingerprint density at radius 1 is 1.20 bits per heavy atom. The predicted molar refractivity (Wildman–Crippen MR) is 56.8 cm³/mol. The maximum Gasteiger partial charge on any atom is 0.229 e. The lowest BCUT2D eigenvalue weighted by atomic mass is 10.4. The highest BCUT2D eigenvalue weighted by Crippen LogP contribution is 2.05. The van der Waals surface area contributed by atoms with Gasteiger partial charge in [-0.25, -0.2) is 0 Å². The van der Waals surface area contributed by atoms with E-state index in [-0.39, 0.29) is 11.9 Å². The van der Waals surface area contributed by atoms with Crippen molar-refractivity contribution >= 4 is 17.8 Å². The van der Waals surface area contributed by atoms with Crippen molar-refractivity contribution in [2.45, 2.75) is 6.54 Å². The van der Waals surface area contributed by atoms with Crippen LogP contribution in [-0.2, 0) is 6.54 Å². The normalized spacial score (nSPS) is 10.1. The van der Waals surface area contributed by atoms with Gasteiger partial charge in [-0.2, -0.15) is 15.0 Å². The van der Waals surface area contributed by atoms with Gasteiger partial charge in [-0.05, 0) is 12.1 Å². The summed E-state index contributed by atoms with van der Waals surface area (Å²) in [7, 11) is 0. The fourth-order valence-corrected chi connectivity index (χ4v) is 1.14. The highest BCUT2D eigenvalue weighted by atomic mass is 15.2. The van der Waals surface area contributed by atoms with Crippen LogP contribution >= 0.6 is 0 Å². The molecule has 7 nitrogen and oxygen atoms in total. The molecule has 78 valence electrons. The number of aromatic amines is 1. The number of hydrogen-bond acceptors (Lipinski definition) is 6. The monoisotopic (exact) mass is 205 g/mol. The highest BCUT2D eigenvalue weighted by Gasteiger charge is 2.01. The first kappa shape index (κ1) is 9.25. The van der Waals surface area contributed by atoms with Crippen molar-refractivity contribution in [2.75, 3.05) is 16.8 Å². The molecule has 2 rings (SSSR count). The number of nitrogens with two attached hydrogens (primary N) is 2. The summed E-state index contributed by atoms with van der Waals surface area (Å²) in [4.78, 5) is 14.5. The number of anilines is 3. The van der Waals surface area contributed by atoms with E-state index < -0.39 is 0 Å². The smallest absolute Gasteiger partial charge is 0.229 e. The lowest BCUT2D eigenvalue weighted by Gasteiger charge is -2.03. The van der Waals surface area contributed by atoms with Crippen LogP contribution in [0.15, 0.2) is 18.3 Å². The summed E-state index contributed by atoms with van der Waals surface area (Å²) < 4.78 is 0. The largest absolute Gasteiger partial charge is 0.368 e. The molecule has 0 aliphatic rings. The van der Waals surface area contributed by atoms with Crippen LogP contribution in [0, 0.1) is 0 Å². The van der Waals surface area contributed by atoms with Crippen molar-refractivity contribution in [3.63, 3.8) is 0 Å². The predicted octanol–water partition coefficient (Wildman–Crippen LogP) is -0.0238. The maximum absolute atomic E-state index is 5.42. The second kappa shape index (κ2) is 3.82. The van der Waals surface area contributed by atoms with E-state index in [0.717, 1.165) is 5.69 Å². The number of nitrogen functional groups attached to an aromatic ring is 2. The summed E-state index contributed by atoms with van der Waals surface area (Å²) >= 11 is 0. The molecule has 2 heterocycles. The van der Waals surface area contributed by atoms with Crippen molar-refractivity contribution in [3.8, 4) is 0 Å². The third-order valence-electron chi connectivity index (χ3n) is 1.77. The quantitative estimate of drug-likeness (QED) is 0.559. The molecule has 2 aromatic heterocycles. The molecule has 0 fully saturated rings. The lowest BCUT2D eigenvalue weighted by Crippen LogP contribution is -2.09. The van der Waals surface area contributed by atoms with Crippen LogP contribution in [0.3, 0.4) is 0 Å². The molecule has 6 N–H and O–H groups in total. The van der Waals surface area contributed by atoms with E-state index in [1.54, 1.807) is 0 Å². The van der Waals surface area contributed by atoms with Gasteiger partial charge >= 0.3 is 0 Å². The van der Waals surface area contributed by atoms with Gasteiger partial charge in [-0.3, -0.25) is 0 Å². The zero-order chi connectivity index (χ0) is 10.7. The molecule has 7 heteroatoms. The number of hydrogen-bond donors (Lipinski definition) is 4. The molecule has 0 aliphatic carbocycles. The summed E-state index contributed by atoms with van der Waals surface area (Å²) in [6.07, 6.45) is 1.84. The van der Waals surface area contributed by atoms with Crippen molar-refractivity contribution in [1.82, 2.24) is 19.9 Å². The average Bonchev–Trinajstić information content (AvgIpc) is 2.65. The van der Waals surface area contributed by atoms with Crippen LogP contribution in [0.5, 0.6) is 0 Å². The molecule has 0 amide bonds. The van der Waals surface area contributed by atoms with E-state index in [9.17, 15) is 0 Å². The number of nitrogens with one attached hydrogen (secondary N) is 2. The summed E-state index contributed by atoms with van der Waals surface area (Å²) in [6.45, 7) is 0.579. The minimum absolute atomic E-state index is 0.108. The highest BCUT2D eigenvalue weighted by molar-refractivity contribution is 5.37. The van der Waals surface area contributed by atoms with E-state index in [4.69, 9.17) is 11.5 Å². The number of nitrogens with zero attached hydrogens (tertiary/aromatic N) is 3. The van der Waals surface area contributed by atoms with Gasteiger partial charge in [0.1, 0.15) is 0 Å². The Hall–Kier alpha value is -2.31. The SMILES string of the molecule is Nc1nc(N)nc(NCc2ccc[nH]2)n1. The van der Waals surface area contributed by atoms with Gasteiger partial charge in [0.05, 0.1) is 6.54 Å². The van der Waals surface area contributed by atoms with E-state index in [2.05, 4.69) is 25.3 Å². The van der Waals surface area contributed by atoms with E-state index in [1.807, 2.05) is 18.3 Å². The number of aromatic nitrogens is 4. The van der Waals surface area contributed by atoms with Crippen LogP contribution in [0.25, 0.3) is 0 Å². The fourth-order valence-electron chi connectivity index (χ4n) is 1.14. The van der Waals surface area contributed by atoms with Gasteiger partial charge in [0, 0.05) is 11.9 Å². The molecule has 0 radical (unpaired) electrons. The van der Waals surface area contributed by atoms with Crippen molar-refractivity contribution in [3.05, 3.63) is 24.0 Å². The second-order valence-electron chi connectivity index (χ2n) is 2.92. The first-order valence-electron chi connectivity index (χ1n) is 4.37. The summed E-state index contributed by atoms with van der Waals surface area (Å²) in [5.41, 5.74) is 11.9. The molecule has 0 aliphatic heterocycles. The van der Waals surface area contributed by atoms with E-state index in [0.29, 0.717) is 12.5 Å². The zero-order valence-electron chi connectivity index (χ0n) is 7.94. The molecule has 0 saturated heterocycles. The first-order chi connectivity index (χ1) is 7.24. The van der Waals surface area contributed by atoms with Gasteiger partial charge in [-0.15, -0.1) is 0 Å². The Morgan fingerprint density at radius 2 is 1.93 bits per heavy atom. The number of rotatable bonds is 3. The topological polar surface area (TPSA) is 119 Å². The standard InChI is InChI=1S/C8H11N7/c9-6-13-7(10)15-8(14-6)12-4-5-2-1-3-11-5/h1-3,11H,4H2,(H5,9,10,12,13,14,15). The van der Waals surface area contributed by atoms with Gasteiger partial charge in [0.25, 0.3) is 0 Å². The minimum Gasteiger partial charge on any atom is -0.368 e. The lowest BCUT2D eigenvalue weighted by molar-refractivity contribution is 0.998. The third-order valence-corrected chi connectivity index (χ3v) is 1.77. The first-order valence-corrected chi connectivity index (χ1v) is 4.37. The van der Waals surface area contributed by atoms with Crippen molar-refractivity contribution in [2.24, 2.45) is 0 Å². The Morgan fingerprint density at radius 3 is 2.53 bits per heavy atom. The fraction of sp³-hybridized carbons (Fsp3) is 0.125. The Labute approximate surface area is 86.0 Å². The van der Waals surface area contributed by atoms with Crippen LogP contribution in [0.4, 0.5) is 17.8 Å². The molecule has 15 heavy (non-hydrogen) atoms. The zero-order valence-corrected chi connectivity index (χ0v) is 7.94. The number of H-pyrrole nitrogens is 1. The van der Waals surface area contributed by atoms with Gasteiger partial charge < -0.3 is 21.8 Å². The van der Waals surface area contributed by atoms with Crippen LogP contribution < -0.4 is 16.8 Å². The molecule has 0 aromatic carbocycles. The molecule has 0 saturated carbocycles. The molecular weight excluding hydrogens is 194 g/mol. The van der Waals surface area contributed by atoms with Gasteiger partial charge in [0.15, 0.2) is 0 Å². The van der Waals surface area contributed by atoms with Crippen molar-refractivity contribution < 1.29 is 0 Å². The summed E-state index contributed by atoms with van der Waals surface area (Å²) in [5.74, 6) is 0.586. The summed E-state index contributed by atoms with van der Waals surface area (Å²) in [5, 5.41) is 2.98. The van der Waals surface area contributed by atoms with Crippen molar-refractivity contribution in [1.29, 1.82) is 0 Å². The molecule has 0 bridgehead atoms. The molecule has 0 spiro atoms. The Balaban J connectivity index is 2.05.